The third-order valence-electron chi connectivity index (χ3n) is 4.55. The molecular formula is C23H17F2N3O2S2. The second-order valence-electron chi connectivity index (χ2n) is 6.73. The van der Waals surface area contributed by atoms with E-state index >= 15 is 0 Å². The Kier molecular flexibility index (Phi) is 6.48. The SMILES string of the molecule is C=CCn1c(SCC(=O)Nc2c(F)cccc2F)nc2sc(-c3ccccc3)cc2c1=O. The molecule has 0 unspecified atom stereocenters. The zero-order valence-corrected chi connectivity index (χ0v) is 18.3. The number of nitrogens with one attached hydrogen (secondary N) is 1. The van der Waals surface area contributed by atoms with Gasteiger partial charge in [-0.3, -0.25) is 14.2 Å². The monoisotopic (exact) mass is 469 g/mol. The first kappa shape index (κ1) is 21.9. The van der Waals surface area contributed by atoms with Gasteiger partial charge in [0.05, 0.1) is 11.1 Å². The van der Waals surface area contributed by atoms with Crippen molar-refractivity contribution in [3.05, 3.63) is 89.2 Å². The third-order valence-corrected chi connectivity index (χ3v) is 6.60. The Labute approximate surface area is 190 Å². The first-order valence-electron chi connectivity index (χ1n) is 9.55. The number of rotatable bonds is 7. The number of thiophene rings is 1. The first-order valence-corrected chi connectivity index (χ1v) is 11.4. The second-order valence-corrected chi connectivity index (χ2v) is 8.70. The standard InChI is InChI=1S/C23H17F2N3O2S2/c1-2-11-28-22(30)15-12-18(14-7-4-3-5-8-14)32-21(15)27-23(28)31-13-19(29)26-20-16(24)9-6-10-17(20)25/h2-10,12H,1,11,13H2,(H,26,29). The molecule has 0 atom stereocenters. The van der Waals surface area contributed by atoms with E-state index in [9.17, 15) is 18.4 Å². The second kappa shape index (κ2) is 9.46. The maximum Gasteiger partial charge on any atom is 0.263 e. The number of thioether (sulfide) groups is 1. The molecule has 2 aromatic heterocycles. The average Bonchev–Trinajstić information content (AvgIpc) is 3.22. The minimum Gasteiger partial charge on any atom is -0.320 e. The molecule has 4 rings (SSSR count). The molecule has 1 N–H and O–H groups in total. The zero-order valence-electron chi connectivity index (χ0n) is 16.7. The summed E-state index contributed by atoms with van der Waals surface area (Å²) in [6.07, 6.45) is 1.57. The van der Waals surface area contributed by atoms with Gasteiger partial charge in [-0.25, -0.2) is 13.8 Å². The molecule has 0 aliphatic carbocycles. The van der Waals surface area contributed by atoms with Gasteiger partial charge in [-0.2, -0.15) is 0 Å². The summed E-state index contributed by atoms with van der Waals surface area (Å²) in [7, 11) is 0. The van der Waals surface area contributed by atoms with Crippen molar-refractivity contribution >= 4 is 44.9 Å². The molecule has 0 fully saturated rings. The molecule has 0 aliphatic heterocycles. The normalized spacial score (nSPS) is 10.9. The Morgan fingerprint density at radius 1 is 1.16 bits per heavy atom. The van der Waals surface area contributed by atoms with Crippen LogP contribution in [0, 0.1) is 11.6 Å². The Morgan fingerprint density at radius 2 is 1.88 bits per heavy atom. The minimum atomic E-state index is -0.863. The number of allylic oxidation sites excluding steroid dienone is 1. The average molecular weight is 470 g/mol. The van der Waals surface area contributed by atoms with E-state index in [0.717, 1.165) is 34.3 Å². The van der Waals surface area contributed by atoms with Gasteiger partial charge >= 0.3 is 0 Å². The lowest BCUT2D eigenvalue weighted by Gasteiger charge is -2.10. The summed E-state index contributed by atoms with van der Waals surface area (Å²) >= 11 is 2.40. The lowest BCUT2D eigenvalue weighted by molar-refractivity contribution is -0.113. The number of carbonyl (C=O) groups excluding carboxylic acids is 1. The lowest BCUT2D eigenvalue weighted by Crippen LogP contribution is -2.23. The van der Waals surface area contributed by atoms with Gasteiger partial charge in [0.15, 0.2) is 5.16 Å². The molecular weight excluding hydrogens is 452 g/mol. The molecule has 1 amide bonds. The largest absolute Gasteiger partial charge is 0.320 e. The molecule has 32 heavy (non-hydrogen) atoms. The van der Waals surface area contributed by atoms with Crippen LogP contribution in [0.2, 0.25) is 0 Å². The van der Waals surface area contributed by atoms with Crippen molar-refractivity contribution in [3.63, 3.8) is 0 Å². The van der Waals surface area contributed by atoms with Gasteiger partial charge in [0.2, 0.25) is 5.91 Å². The van der Waals surface area contributed by atoms with E-state index < -0.39 is 23.2 Å². The minimum absolute atomic E-state index is 0.181. The van der Waals surface area contributed by atoms with E-state index in [1.165, 1.54) is 22.0 Å². The fraction of sp³-hybridized carbons (Fsp3) is 0.0870. The summed E-state index contributed by atoms with van der Waals surface area (Å²) in [6.45, 7) is 3.90. The van der Waals surface area contributed by atoms with E-state index in [1.54, 1.807) is 6.08 Å². The van der Waals surface area contributed by atoms with Crippen LogP contribution in [-0.2, 0) is 11.3 Å². The molecule has 9 heteroatoms. The van der Waals surface area contributed by atoms with E-state index in [0.29, 0.717) is 15.4 Å². The van der Waals surface area contributed by atoms with Crippen molar-refractivity contribution in [3.8, 4) is 10.4 Å². The van der Waals surface area contributed by atoms with Crippen LogP contribution in [0.3, 0.4) is 0 Å². The fourth-order valence-corrected chi connectivity index (χ4v) is 4.95. The van der Waals surface area contributed by atoms with Crippen molar-refractivity contribution < 1.29 is 13.6 Å². The van der Waals surface area contributed by atoms with Crippen molar-refractivity contribution in [2.45, 2.75) is 11.7 Å². The van der Waals surface area contributed by atoms with Crippen LogP contribution in [0.25, 0.3) is 20.7 Å². The first-order chi connectivity index (χ1) is 15.5. The van der Waals surface area contributed by atoms with Gasteiger partial charge in [0.25, 0.3) is 5.56 Å². The smallest absolute Gasteiger partial charge is 0.263 e. The number of carbonyl (C=O) groups is 1. The molecule has 2 heterocycles. The number of aromatic nitrogens is 2. The summed E-state index contributed by atoms with van der Waals surface area (Å²) in [6, 6.07) is 14.8. The Bertz CT molecular complexity index is 1350. The summed E-state index contributed by atoms with van der Waals surface area (Å²) in [5.74, 6) is -2.52. The van der Waals surface area contributed by atoms with Crippen LogP contribution in [0.15, 0.2) is 77.2 Å². The number of hydrogen-bond donors (Lipinski definition) is 1. The van der Waals surface area contributed by atoms with Gasteiger partial charge in [0.1, 0.15) is 22.2 Å². The Balaban J connectivity index is 1.62. The molecule has 4 aromatic rings. The fourth-order valence-electron chi connectivity index (χ4n) is 3.06. The number of amides is 1. The van der Waals surface area contributed by atoms with Gasteiger partial charge in [0, 0.05) is 11.4 Å². The molecule has 0 radical (unpaired) electrons. The summed E-state index contributed by atoms with van der Waals surface area (Å²) in [5.41, 5.74) is 0.234. The maximum atomic E-state index is 13.8. The highest BCUT2D eigenvalue weighted by atomic mass is 32.2. The van der Waals surface area contributed by atoms with E-state index in [1.807, 2.05) is 36.4 Å². The van der Waals surface area contributed by atoms with Crippen LogP contribution in [-0.4, -0.2) is 21.2 Å². The number of para-hydroxylation sites is 1. The third kappa shape index (κ3) is 4.49. The molecule has 0 saturated heterocycles. The molecule has 0 aliphatic rings. The molecule has 2 aromatic carbocycles. The van der Waals surface area contributed by atoms with Gasteiger partial charge in [-0.05, 0) is 23.8 Å². The molecule has 0 bridgehead atoms. The van der Waals surface area contributed by atoms with Gasteiger partial charge < -0.3 is 5.32 Å². The van der Waals surface area contributed by atoms with Crippen molar-refractivity contribution in [1.82, 2.24) is 9.55 Å². The van der Waals surface area contributed by atoms with Crippen molar-refractivity contribution in [2.24, 2.45) is 0 Å². The Hall–Kier alpha value is -3.30. The maximum absolute atomic E-state index is 13.8. The zero-order chi connectivity index (χ0) is 22.7. The van der Waals surface area contributed by atoms with E-state index in [2.05, 4.69) is 16.9 Å². The Morgan fingerprint density at radius 3 is 2.56 bits per heavy atom. The molecule has 162 valence electrons. The topological polar surface area (TPSA) is 64.0 Å². The van der Waals surface area contributed by atoms with Crippen LogP contribution in [0.5, 0.6) is 0 Å². The van der Waals surface area contributed by atoms with Gasteiger partial charge in [-0.15, -0.1) is 17.9 Å². The van der Waals surface area contributed by atoms with E-state index in [-0.39, 0.29) is 17.9 Å². The summed E-state index contributed by atoms with van der Waals surface area (Å²) in [5, 5.41) is 3.05. The summed E-state index contributed by atoms with van der Waals surface area (Å²) < 4.78 is 29.0. The predicted octanol–water partition coefficient (Wildman–Crippen LogP) is 5.32. The number of hydrogen-bond acceptors (Lipinski definition) is 5. The quantitative estimate of drug-likeness (QED) is 0.226. The van der Waals surface area contributed by atoms with Crippen LogP contribution in [0.1, 0.15) is 0 Å². The molecule has 0 spiro atoms. The highest BCUT2D eigenvalue weighted by molar-refractivity contribution is 7.99. The van der Waals surface area contributed by atoms with Crippen molar-refractivity contribution in [1.29, 1.82) is 0 Å². The number of fused-ring (bicyclic) bond motifs is 1. The summed E-state index contributed by atoms with van der Waals surface area (Å²) in [4.78, 5) is 31.4. The molecule has 0 saturated carbocycles. The highest BCUT2D eigenvalue weighted by Gasteiger charge is 2.17. The van der Waals surface area contributed by atoms with Crippen LogP contribution < -0.4 is 10.9 Å². The highest BCUT2D eigenvalue weighted by Crippen LogP contribution is 2.32. The molecule has 5 nitrogen and oxygen atoms in total. The van der Waals surface area contributed by atoms with Gasteiger partial charge in [-0.1, -0.05) is 54.2 Å². The number of benzene rings is 2. The predicted molar refractivity (Wildman–Crippen MR) is 125 cm³/mol. The van der Waals surface area contributed by atoms with Crippen LogP contribution >= 0.6 is 23.1 Å². The number of nitrogens with zero attached hydrogens (tertiary/aromatic N) is 2. The number of halogens is 2. The van der Waals surface area contributed by atoms with E-state index in [4.69, 9.17) is 0 Å². The number of anilines is 1. The van der Waals surface area contributed by atoms with Crippen LogP contribution in [0.4, 0.5) is 14.5 Å². The van der Waals surface area contributed by atoms with Crippen molar-refractivity contribution in [2.75, 3.05) is 11.1 Å². The lowest BCUT2D eigenvalue weighted by atomic mass is 10.2.